The van der Waals surface area contributed by atoms with Gasteiger partial charge in [0.25, 0.3) is 0 Å². The summed E-state index contributed by atoms with van der Waals surface area (Å²) < 4.78 is 21.5. The lowest BCUT2D eigenvalue weighted by molar-refractivity contribution is 0.143. The van der Waals surface area contributed by atoms with Crippen LogP contribution in [-0.2, 0) is 0 Å². The summed E-state index contributed by atoms with van der Waals surface area (Å²) in [6, 6.07) is 3.53. The van der Waals surface area contributed by atoms with Crippen molar-refractivity contribution in [2.24, 2.45) is 5.92 Å². The second-order valence-electron chi connectivity index (χ2n) is 8.02. The Bertz CT molecular complexity index is 1000. The molecule has 0 radical (unpaired) electrons. The maximum atomic E-state index is 15.0. The van der Waals surface area contributed by atoms with Crippen LogP contribution in [0.15, 0.2) is 23.1 Å². The van der Waals surface area contributed by atoms with Crippen LogP contribution in [-0.4, -0.2) is 41.5 Å². The van der Waals surface area contributed by atoms with Gasteiger partial charge < -0.3 is 24.6 Å². The largest absolute Gasteiger partial charge is 0.511 e. The number of carboxylic acid groups (broad SMARTS) is 1. The number of ether oxygens (including phenoxy) is 1. The molecule has 3 fully saturated rings. The fraction of sp³-hybridized carbons (Fsp3) is 0.500. The highest BCUT2D eigenvalue weighted by atomic mass is 19.1. The van der Waals surface area contributed by atoms with Gasteiger partial charge >= 0.3 is 6.16 Å². The minimum atomic E-state index is -1.55. The number of hydrogen-bond acceptors (Lipinski definition) is 5. The van der Waals surface area contributed by atoms with Crippen LogP contribution >= 0.6 is 0 Å². The van der Waals surface area contributed by atoms with Crippen LogP contribution in [0.25, 0.3) is 10.9 Å². The number of benzene rings is 1. The Kier molecular flexibility index (Phi) is 4.04. The highest BCUT2D eigenvalue weighted by Gasteiger charge is 2.36. The minimum Gasteiger partial charge on any atom is -0.449 e. The Morgan fingerprint density at radius 3 is 2.79 bits per heavy atom. The number of nitrogens with zero attached hydrogens (tertiary/aromatic N) is 2. The van der Waals surface area contributed by atoms with E-state index in [0.717, 1.165) is 45.3 Å². The first-order valence-corrected chi connectivity index (χ1v) is 9.79. The zero-order chi connectivity index (χ0) is 19.4. The number of rotatable bonds is 3. The fourth-order valence-corrected chi connectivity index (χ4v) is 4.64. The summed E-state index contributed by atoms with van der Waals surface area (Å²) in [5, 5.41) is 12.6. The summed E-state index contributed by atoms with van der Waals surface area (Å²) in [6.07, 6.45) is 4.06. The number of anilines is 1. The third kappa shape index (κ3) is 2.92. The summed E-state index contributed by atoms with van der Waals surface area (Å²) in [5.41, 5.74) is 0.533. The van der Waals surface area contributed by atoms with E-state index in [1.54, 1.807) is 6.07 Å². The van der Waals surface area contributed by atoms with Crippen LogP contribution in [0.4, 0.5) is 14.9 Å². The number of piperidine rings is 1. The third-order valence-electron chi connectivity index (χ3n) is 6.15. The standard InChI is InChI=1S/C20H22FN3O4/c21-14-6-13-16(7-17(14)23-8-11-2-1-5-22-15(11)9-23)24(12-3-4-12)10-18(19(13)25)28-20(26)27/h6-7,10-12,15,22H,1-5,8-9H2,(H,26,27)/t11-,15+/m0/s1. The second kappa shape index (κ2) is 6.48. The van der Waals surface area contributed by atoms with E-state index < -0.39 is 17.4 Å². The highest BCUT2D eigenvalue weighted by molar-refractivity contribution is 5.85. The number of aromatic nitrogens is 1. The molecule has 2 aliphatic heterocycles. The predicted octanol–water partition coefficient (Wildman–Crippen LogP) is 2.72. The molecule has 2 atom stereocenters. The molecule has 2 saturated heterocycles. The minimum absolute atomic E-state index is 0.154. The molecule has 0 bridgehead atoms. The van der Waals surface area contributed by atoms with Crippen molar-refractivity contribution in [2.45, 2.75) is 37.8 Å². The lowest BCUT2D eigenvalue weighted by Crippen LogP contribution is -2.40. The average molecular weight is 387 g/mol. The zero-order valence-electron chi connectivity index (χ0n) is 15.4. The number of pyridine rings is 1. The molecule has 0 unspecified atom stereocenters. The van der Waals surface area contributed by atoms with E-state index in [4.69, 9.17) is 5.11 Å². The molecular weight excluding hydrogens is 365 g/mol. The summed E-state index contributed by atoms with van der Waals surface area (Å²) >= 11 is 0. The first-order chi connectivity index (χ1) is 13.5. The van der Waals surface area contributed by atoms with Gasteiger partial charge in [-0.15, -0.1) is 0 Å². The number of fused-ring (bicyclic) bond motifs is 2. The Labute approximate surface area is 160 Å². The molecule has 3 heterocycles. The number of carbonyl (C=O) groups is 1. The molecule has 2 N–H and O–H groups in total. The second-order valence-corrected chi connectivity index (χ2v) is 8.02. The summed E-state index contributed by atoms with van der Waals surface area (Å²) in [6.45, 7) is 2.55. The molecule has 1 aliphatic carbocycles. The Hall–Kier alpha value is -2.61. The first-order valence-electron chi connectivity index (χ1n) is 9.79. The van der Waals surface area contributed by atoms with Crippen molar-refractivity contribution in [2.75, 3.05) is 24.5 Å². The van der Waals surface area contributed by atoms with Gasteiger partial charge in [0.1, 0.15) is 5.82 Å². The Morgan fingerprint density at radius 2 is 2.07 bits per heavy atom. The predicted molar refractivity (Wildman–Crippen MR) is 102 cm³/mol. The molecule has 28 heavy (non-hydrogen) atoms. The van der Waals surface area contributed by atoms with E-state index >= 15 is 4.39 Å². The van der Waals surface area contributed by atoms with E-state index in [2.05, 4.69) is 15.0 Å². The lowest BCUT2D eigenvalue weighted by Gasteiger charge is -2.24. The molecular formula is C20H22FN3O4. The van der Waals surface area contributed by atoms with Gasteiger partial charge in [-0.1, -0.05) is 0 Å². The van der Waals surface area contributed by atoms with Crippen LogP contribution in [0.5, 0.6) is 5.75 Å². The first kappa shape index (κ1) is 17.5. The van der Waals surface area contributed by atoms with Crippen molar-refractivity contribution in [3.63, 3.8) is 0 Å². The van der Waals surface area contributed by atoms with E-state index in [1.807, 2.05) is 4.57 Å². The summed E-state index contributed by atoms with van der Waals surface area (Å²) in [5.74, 6) is -0.227. The fourth-order valence-electron chi connectivity index (χ4n) is 4.64. The molecule has 1 saturated carbocycles. The van der Waals surface area contributed by atoms with E-state index in [9.17, 15) is 9.59 Å². The van der Waals surface area contributed by atoms with Crippen LogP contribution in [0.3, 0.4) is 0 Å². The molecule has 0 spiro atoms. The van der Waals surface area contributed by atoms with Crippen molar-refractivity contribution < 1.29 is 19.0 Å². The highest BCUT2D eigenvalue weighted by Crippen LogP contribution is 2.39. The number of nitrogens with one attached hydrogen (secondary N) is 1. The Balaban J connectivity index is 1.61. The zero-order valence-corrected chi connectivity index (χ0v) is 15.4. The van der Waals surface area contributed by atoms with Gasteiger partial charge in [-0.25, -0.2) is 9.18 Å². The number of halogens is 1. The van der Waals surface area contributed by atoms with Gasteiger partial charge in [-0.2, -0.15) is 0 Å². The van der Waals surface area contributed by atoms with Crippen molar-refractivity contribution in [3.8, 4) is 5.75 Å². The van der Waals surface area contributed by atoms with Gasteiger partial charge in [-0.3, -0.25) is 4.79 Å². The smallest absolute Gasteiger partial charge is 0.449 e. The molecule has 148 valence electrons. The Morgan fingerprint density at radius 1 is 1.25 bits per heavy atom. The normalized spacial score (nSPS) is 24.4. The maximum Gasteiger partial charge on any atom is 0.511 e. The summed E-state index contributed by atoms with van der Waals surface area (Å²) in [7, 11) is 0. The van der Waals surface area contributed by atoms with Crippen molar-refractivity contribution >= 4 is 22.7 Å². The maximum absolute atomic E-state index is 15.0. The average Bonchev–Trinajstić information content (AvgIpc) is 3.41. The molecule has 3 aliphatic rings. The van der Waals surface area contributed by atoms with Gasteiger partial charge in [0.05, 0.1) is 22.8 Å². The van der Waals surface area contributed by atoms with Gasteiger partial charge in [0.2, 0.25) is 5.43 Å². The van der Waals surface area contributed by atoms with Gasteiger partial charge in [0, 0.05) is 25.2 Å². The number of hydrogen-bond donors (Lipinski definition) is 2. The molecule has 8 heteroatoms. The van der Waals surface area contributed by atoms with Crippen LogP contribution in [0.2, 0.25) is 0 Å². The lowest BCUT2D eigenvalue weighted by atomic mass is 9.94. The van der Waals surface area contributed by atoms with Crippen molar-refractivity contribution in [1.29, 1.82) is 0 Å². The quantitative estimate of drug-likeness (QED) is 0.788. The molecule has 7 nitrogen and oxygen atoms in total. The third-order valence-corrected chi connectivity index (χ3v) is 6.15. The van der Waals surface area contributed by atoms with Crippen LogP contribution in [0, 0.1) is 11.7 Å². The van der Waals surface area contributed by atoms with E-state index in [0.29, 0.717) is 23.2 Å². The molecule has 1 aromatic heterocycles. The van der Waals surface area contributed by atoms with Crippen molar-refractivity contribution in [3.05, 3.63) is 34.4 Å². The topological polar surface area (TPSA) is 83.8 Å². The van der Waals surface area contributed by atoms with Gasteiger partial charge in [-0.05, 0) is 50.3 Å². The monoisotopic (exact) mass is 387 g/mol. The van der Waals surface area contributed by atoms with E-state index in [1.165, 1.54) is 12.3 Å². The molecule has 0 amide bonds. The molecule has 2 aromatic rings. The summed E-state index contributed by atoms with van der Waals surface area (Å²) in [4.78, 5) is 25.6. The molecule has 5 rings (SSSR count). The van der Waals surface area contributed by atoms with Crippen LogP contribution in [0.1, 0.15) is 31.7 Å². The van der Waals surface area contributed by atoms with E-state index in [-0.39, 0.29) is 17.2 Å². The van der Waals surface area contributed by atoms with Crippen molar-refractivity contribution in [1.82, 2.24) is 9.88 Å². The van der Waals surface area contributed by atoms with Gasteiger partial charge in [0.15, 0.2) is 5.75 Å². The SMILES string of the molecule is O=C(O)Oc1cn(C2CC2)c2cc(N3C[C@@H]4CCCN[C@@H]4C3)c(F)cc2c1=O. The van der Waals surface area contributed by atoms with Crippen LogP contribution < -0.4 is 20.4 Å². The molecule has 1 aromatic carbocycles.